The molecular formula is C23H15ClN4O2S. The average Bonchev–Trinajstić information content (AvgIpc) is 3.47. The third kappa shape index (κ3) is 3.93. The lowest BCUT2D eigenvalue weighted by atomic mass is 10.1. The molecule has 0 aliphatic carbocycles. The van der Waals surface area contributed by atoms with E-state index in [0.29, 0.717) is 21.4 Å². The number of halogens is 1. The van der Waals surface area contributed by atoms with Crippen LogP contribution >= 0.6 is 22.9 Å². The Balaban J connectivity index is 1.54. The standard InChI is InChI=1S/C23H15ClN4O2S/c24-17-10-6-11-20-21(17)26-23(31-20)28(14-16-9-4-5-12-25-16)22(29)18-13-19(30-27-18)15-7-2-1-3-8-15/h1-13H,14H2. The van der Waals surface area contributed by atoms with E-state index in [9.17, 15) is 4.79 Å². The quantitative estimate of drug-likeness (QED) is 0.338. The predicted octanol–water partition coefficient (Wildman–Crippen LogP) is 5.85. The lowest BCUT2D eigenvalue weighted by molar-refractivity contribution is 0.0976. The maximum absolute atomic E-state index is 13.5. The summed E-state index contributed by atoms with van der Waals surface area (Å²) in [6.45, 7) is 0.241. The number of aromatic nitrogens is 3. The summed E-state index contributed by atoms with van der Waals surface area (Å²) in [6.07, 6.45) is 1.69. The van der Waals surface area contributed by atoms with Gasteiger partial charge in [-0.3, -0.25) is 14.7 Å². The van der Waals surface area contributed by atoms with Gasteiger partial charge in [0, 0.05) is 17.8 Å². The van der Waals surface area contributed by atoms with Gasteiger partial charge in [-0.25, -0.2) is 4.98 Å². The Bertz CT molecular complexity index is 1350. The topological polar surface area (TPSA) is 72.1 Å². The van der Waals surface area contributed by atoms with E-state index in [1.807, 2.05) is 60.7 Å². The highest BCUT2D eigenvalue weighted by molar-refractivity contribution is 7.22. The molecule has 3 aromatic heterocycles. The molecule has 2 aromatic carbocycles. The molecule has 5 rings (SSSR count). The molecule has 0 bridgehead atoms. The first-order valence-corrected chi connectivity index (χ1v) is 10.7. The molecular weight excluding hydrogens is 432 g/mol. The zero-order chi connectivity index (χ0) is 21.2. The predicted molar refractivity (Wildman–Crippen MR) is 121 cm³/mol. The van der Waals surface area contributed by atoms with E-state index in [4.69, 9.17) is 16.1 Å². The van der Waals surface area contributed by atoms with Crippen LogP contribution in [0.25, 0.3) is 21.5 Å². The molecule has 0 N–H and O–H groups in total. The van der Waals surface area contributed by atoms with Crippen LogP contribution in [0, 0.1) is 0 Å². The molecule has 3 heterocycles. The Kier molecular flexibility index (Phi) is 5.19. The average molecular weight is 447 g/mol. The number of rotatable bonds is 5. The van der Waals surface area contributed by atoms with Gasteiger partial charge in [-0.15, -0.1) is 0 Å². The molecule has 31 heavy (non-hydrogen) atoms. The highest BCUT2D eigenvalue weighted by Gasteiger charge is 2.25. The molecule has 1 amide bonds. The molecule has 5 aromatic rings. The second-order valence-electron chi connectivity index (χ2n) is 6.74. The smallest absolute Gasteiger partial charge is 0.282 e. The first-order chi connectivity index (χ1) is 15.2. The molecule has 0 saturated carbocycles. The molecule has 0 radical (unpaired) electrons. The molecule has 8 heteroatoms. The van der Waals surface area contributed by atoms with Gasteiger partial charge in [0.1, 0.15) is 5.52 Å². The summed E-state index contributed by atoms with van der Waals surface area (Å²) in [6, 6.07) is 22.3. The fraction of sp³-hybridized carbons (Fsp3) is 0.0435. The minimum absolute atomic E-state index is 0.195. The van der Waals surface area contributed by atoms with Crippen LogP contribution < -0.4 is 4.90 Å². The summed E-state index contributed by atoms with van der Waals surface area (Å²) in [5.41, 5.74) is 2.43. The van der Waals surface area contributed by atoms with Crippen molar-refractivity contribution in [3.63, 3.8) is 0 Å². The zero-order valence-corrected chi connectivity index (χ0v) is 17.7. The van der Waals surface area contributed by atoms with Gasteiger partial charge < -0.3 is 4.52 Å². The second-order valence-corrected chi connectivity index (χ2v) is 8.15. The molecule has 0 fully saturated rings. The number of carbonyl (C=O) groups excluding carboxylic acids is 1. The number of hydrogen-bond donors (Lipinski definition) is 0. The highest BCUT2D eigenvalue weighted by Crippen LogP contribution is 2.34. The number of pyridine rings is 1. The number of carbonyl (C=O) groups is 1. The highest BCUT2D eigenvalue weighted by atomic mass is 35.5. The van der Waals surface area contributed by atoms with Gasteiger partial charge in [0.2, 0.25) is 0 Å². The van der Waals surface area contributed by atoms with Gasteiger partial charge in [0.25, 0.3) is 5.91 Å². The zero-order valence-electron chi connectivity index (χ0n) is 16.1. The van der Waals surface area contributed by atoms with Gasteiger partial charge in [-0.2, -0.15) is 0 Å². The molecule has 0 spiro atoms. The molecule has 0 unspecified atom stereocenters. The lowest BCUT2D eigenvalue weighted by Gasteiger charge is -2.18. The monoisotopic (exact) mass is 446 g/mol. The first-order valence-electron chi connectivity index (χ1n) is 9.48. The Hall–Kier alpha value is -3.55. The summed E-state index contributed by atoms with van der Waals surface area (Å²) in [4.78, 5) is 24.0. The van der Waals surface area contributed by atoms with Crippen molar-refractivity contribution in [2.24, 2.45) is 0 Å². The molecule has 0 aliphatic heterocycles. The van der Waals surface area contributed by atoms with Crippen LogP contribution in [0.4, 0.5) is 5.13 Å². The minimum atomic E-state index is -0.327. The number of para-hydroxylation sites is 1. The number of anilines is 1. The summed E-state index contributed by atoms with van der Waals surface area (Å²) < 4.78 is 6.33. The van der Waals surface area contributed by atoms with E-state index in [2.05, 4.69) is 15.1 Å². The maximum Gasteiger partial charge on any atom is 0.282 e. The molecule has 6 nitrogen and oxygen atoms in total. The first kappa shape index (κ1) is 19.4. The van der Waals surface area contributed by atoms with Crippen LogP contribution in [-0.4, -0.2) is 21.0 Å². The van der Waals surface area contributed by atoms with Crippen molar-refractivity contribution in [2.75, 3.05) is 4.90 Å². The normalized spacial score (nSPS) is 11.0. The summed E-state index contributed by atoms with van der Waals surface area (Å²) in [7, 11) is 0. The minimum Gasteiger partial charge on any atom is -0.355 e. The number of fused-ring (bicyclic) bond motifs is 1. The summed E-state index contributed by atoms with van der Waals surface area (Å²) >= 11 is 7.69. The number of nitrogens with zero attached hydrogens (tertiary/aromatic N) is 4. The molecule has 0 aliphatic rings. The van der Waals surface area contributed by atoms with Crippen LogP contribution in [0.3, 0.4) is 0 Å². The van der Waals surface area contributed by atoms with E-state index < -0.39 is 0 Å². The van der Waals surface area contributed by atoms with Gasteiger partial charge in [0.05, 0.1) is 22.0 Å². The summed E-state index contributed by atoms with van der Waals surface area (Å²) in [5.74, 6) is 0.195. The van der Waals surface area contributed by atoms with Crippen molar-refractivity contribution < 1.29 is 9.32 Å². The fourth-order valence-electron chi connectivity index (χ4n) is 3.15. The Morgan fingerprint density at radius 1 is 1.03 bits per heavy atom. The fourth-order valence-corrected chi connectivity index (χ4v) is 4.41. The number of hydrogen-bond acceptors (Lipinski definition) is 6. The molecule has 0 saturated heterocycles. The van der Waals surface area contributed by atoms with Gasteiger partial charge >= 0.3 is 0 Å². The van der Waals surface area contributed by atoms with Crippen LogP contribution in [0.15, 0.2) is 83.5 Å². The van der Waals surface area contributed by atoms with E-state index in [1.165, 1.54) is 11.3 Å². The van der Waals surface area contributed by atoms with Crippen LogP contribution in [0.1, 0.15) is 16.2 Å². The van der Waals surface area contributed by atoms with Crippen LogP contribution in [-0.2, 0) is 6.54 Å². The van der Waals surface area contributed by atoms with Crippen molar-refractivity contribution in [1.29, 1.82) is 0 Å². The van der Waals surface area contributed by atoms with E-state index in [0.717, 1.165) is 16.0 Å². The molecule has 0 atom stereocenters. The van der Waals surface area contributed by atoms with Crippen molar-refractivity contribution >= 4 is 44.2 Å². The van der Waals surface area contributed by atoms with Crippen LogP contribution in [0.5, 0.6) is 0 Å². The lowest BCUT2D eigenvalue weighted by Crippen LogP contribution is -2.31. The van der Waals surface area contributed by atoms with Crippen LogP contribution in [0.2, 0.25) is 5.02 Å². The number of benzene rings is 2. The Morgan fingerprint density at radius 3 is 2.65 bits per heavy atom. The van der Waals surface area contributed by atoms with Gasteiger partial charge in [0.15, 0.2) is 16.6 Å². The van der Waals surface area contributed by atoms with Crippen molar-refractivity contribution in [2.45, 2.75) is 6.54 Å². The van der Waals surface area contributed by atoms with Gasteiger partial charge in [-0.1, -0.05) is 70.6 Å². The maximum atomic E-state index is 13.5. The second kappa shape index (κ2) is 8.29. The van der Waals surface area contributed by atoms with Crippen molar-refractivity contribution in [1.82, 2.24) is 15.1 Å². The number of thiazole rings is 1. The van der Waals surface area contributed by atoms with E-state index in [1.54, 1.807) is 23.2 Å². The van der Waals surface area contributed by atoms with E-state index in [-0.39, 0.29) is 18.1 Å². The Morgan fingerprint density at radius 2 is 1.87 bits per heavy atom. The summed E-state index contributed by atoms with van der Waals surface area (Å²) in [5, 5.41) is 5.07. The number of amides is 1. The van der Waals surface area contributed by atoms with Crippen molar-refractivity contribution in [3.05, 3.63) is 95.4 Å². The van der Waals surface area contributed by atoms with E-state index >= 15 is 0 Å². The Labute approximate surface area is 186 Å². The largest absolute Gasteiger partial charge is 0.355 e. The van der Waals surface area contributed by atoms with Crippen molar-refractivity contribution in [3.8, 4) is 11.3 Å². The third-order valence-corrected chi connectivity index (χ3v) is 6.02. The SMILES string of the molecule is O=C(c1cc(-c2ccccc2)on1)N(Cc1ccccn1)c1nc2c(Cl)cccc2s1. The molecule has 152 valence electrons. The third-order valence-electron chi connectivity index (χ3n) is 4.67. The van der Waals surface area contributed by atoms with Gasteiger partial charge in [-0.05, 0) is 24.3 Å².